The average Bonchev–Trinajstić information content (AvgIpc) is 3.89. The summed E-state index contributed by atoms with van der Waals surface area (Å²) in [6, 6.07) is 25.7. The minimum absolute atomic E-state index is 0. The normalized spacial score (nSPS) is 22.4. The number of nitrogens with one attached hydrogen (secondary N) is 3. The van der Waals surface area contributed by atoms with Gasteiger partial charge in [0.25, 0.3) is 6.29 Å². The van der Waals surface area contributed by atoms with E-state index >= 15 is 0 Å². The average molecular weight is 1340 g/mol. The Hall–Kier alpha value is -5.98. The van der Waals surface area contributed by atoms with Crippen molar-refractivity contribution in [3.05, 3.63) is 128 Å². The molecule has 6 atom stereocenters. The van der Waals surface area contributed by atoms with E-state index in [1.54, 1.807) is 68.9 Å². The van der Waals surface area contributed by atoms with E-state index in [2.05, 4.69) is 33.3 Å². The van der Waals surface area contributed by atoms with E-state index in [-0.39, 0.29) is 87.7 Å². The standard InChI is InChI=1S/C58H65FN6O11S2.U/c1-4-5-8-43(33-74-57(71)64(31-46-9-6-23-77-46)32-47-10-7-24-78-47)62-56(70)63-58(29-48(58)54(69)72-3)40-16-22-50-51(27-40)76-55(75-50)39-15-21-49(36(2)25-39)61-35-60-42-17-11-37(12-18-42)26-52(66)65-30-41(59)28-44(65)34-73-45-19-13-38(14-20-45)53(67)68;/h6-7,9-12,15-17,21-25,27,38,41,43-45,48,55H,4-5,8,13-14,19-20,26,28-34H2,1-3H3,(H,60,61)(H,67,68)(H2,62,63,70);/q-2;+2/t38?,41-,43-,44-,45?,48?,55?,58?;/m0./s1. The van der Waals surface area contributed by atoms with Crippen LogP contribution in [0.15, 0.2) is 94.6 Å². The van der Waals surface area contributed by atoms with Crippen molar-refractivity contribution in [3.63, 3.8) is 0 Å². The number of methoxy groups -OCH3 is 1. The first-order valence-electron chi connectivity index (χ1n) is 26.5. The van der Waals surface area contributed by atoms with Crippen LogP contribution in [0.4, 0.5) is 25.4 Å². The number of unbranched alkanes of at least 4 members (excludes halogenated alkanes) is 1. The van der Waals surface area contributed by atoms with Gasteiger partial charge in [-0.3, -0.25) is 19.3 Å². The number of carbonyl (C=O) groups excluding carboxylic acids is 4. The molecule has 416 valence electrons. The summed E-state index contributed by atoms with van der Waals surface area (Å²) in [6.45, 7) is 4.97. The monoisotopic (exact) mass is 1340 g/mol. The van der Waals surface area contributed by atoms with Crippen LogP contribution in [0.3, 0.4) is 0 Å². The van der Waals surface area contributed by atoms with Crippen LogP contribution in [-0.2, 0) is 53.6 Å². The quantitative estimate of drug-likeness (QED) is 0.0159. The Balaban J connectivity index is 0.00000822. The number of fused-ring (bicyclic) bond motifs is 1. The number of ether oxygens (including phenoxy) is 5. The molecule has 2 saturated carbocycles. The number of benzene rings is 3. The van der Waals surface area contributed by atoms with Crippen LogP contribution < -0.4 is 25.4 Å². The minimum Gasteiger partial charge on any atom is -0.481 e. The summed E-state index contributed by atoms with van der Waals surface area (Å²) in [5.74, 6) is -1.51. The fourth-order valence-corrected chi connectivity index (χ4v) is 11.8. The Morgan fingerprint density at radius 2 is 1.73 bits per heavy atom. The molecule has 1 saturated heterocycles. The number of aliphatic carboxylic acids is 1. The first-order chi connectivity index (χ1) is 37.8. The van der Waals surface area contributed by atoms with Crippen LogP contribution in [0.2, 0.25) is 0 Å². The van der Waals surface area contributed by atoms with Gasteiger partial charge in [-0.2, -0.15) is 17.8 Å². The molecule has 3 fully saturated rings. The zero-order chi connectivity index (χ0) is 54.8. The predicted molar refractivity (Wildman–Crippen MR) is 292 cm³/mol. The Bertz CT molecular complexity index is 2870. The number of carboxylic acids is 1. The molecule has 17 nitrogen and oxygen atoms in total. The minimum atomic E-state index is -1.13. The first-order valence-corrected chi connectivity index (χ1v) is 28.2. The van der Waals surface area contributed by atoms with Crippen LogP contribution >= 0.6 is 22.7 Å². The van der Waals surface area contributed by atoms with E-state index < -0.39 is 54.0 Å². The second-order valence-electron chi connectivity index (χ2n) is 20.4. The maximum absolute atomic E-state index is 14.6. The number of nitrogens with zero attached hydrogens (tertiary/aromatic N) is 3. The molecule has 0 spiro atoms. The smallest absolute Gasteiger partial charge is 0.481 e. The summed E-state index contributed by atoms with van der Waals surface area (Å²) in [7, 11) is 1.32. The van der Waals surface area contributed by atoms with E-state index in [1.165, 1.54) is 7.11 Å². The Morgan fingerprint density at radius 1 is 0.987 bits per heavy atom. The van der Waals surface area contributed by atoms with Gasteiger partial charge in [-0.05, 0) is 92.4 Å². The third-order valence-corrected chi connectivity index (χ3v) is 16.5. The maximum Gasteiger partial charge on any atom is 2.00 e. The van der Waals surface area contributed by atoms with Gasteiger partial charge in [0.2, 0.25) is 5.91 Å². The van der Waals surface area contributed by atoms with Crippen LogP contribution in [0, 0.1) is 55.9 Å². The van der Waals surface area contributed by atoms with E-state index in [9.17, 15) is 33.5 Å². The van der Waals surface area contributed by atoms with Gasteiger partial charge in [-0.15, -0.1) is 28.2 Å². The molecule has 2 aromatic heterocycles. The maximum atomic E-state index is 14.6. The van der Waals surface area contributed by atoms with Crippen molar-refractivity contribution in [1.82, 2.24) is 20.4 Å². The second kappa shape index (κ2) is 27.5. The molecule has 0 radical (unpaired) electrons. The summed E-state index contributed by atoms with van der Waals surface area (Å²) < 4.78 is 44.2. The topological polar surface area (TPSA) is 207 Å². The number of hydrogen-bond acceptors (Lipinski definition) is 13. The molecule has 3 aromatic carbocycles. The van der Waals surface area contributed by atoms with Crippen molar-refractivity contribution in [2.45, 2.75) is 127 Å². The summed E-state index contributed by atoms with van der Waals surface area (Å²) >= 11 is 3.13. The van der Waals surface area contributed by atoms with Crippen LogP contribution in [0.25, 0.3) is 0 Å². The molecule has 0 bridgehead atoms. The second-order valence-corrected chi connectivity index (χ2v) is 22.4. The summed E-state index contributed by atoms with van der Waals surface area (Å²) in [4.78, 5) is 74.8. The van der Waals surface area contributed by atoms with Gasteiger partial charge in [-0.1, -0.05) is 67.4 Å². The van der Waals surface area contributed by atoms with Gasteiger partial charge >= 0.3 is 55.2 Å². The number of halogens is 1. The van der Waals surface area contributed by atoms with E-state index in [1.807, 2.05) is 67.1 Å². The number of carboxylic acid groups (broad SMARTS) is 1. The Labute approximate surface area is 491 Å². The van der Waals surface area contributed by atoms with Crippen LogP contribution in [0.1, 0.15) is 103 Å². The van der Waals surface area contributed by atoms with Gasteiger partial charge in [0, 0.05) is 28.2 Å². The molecular formula is C58H65FN6O11S2U. The van der Waals surface area contributed by atoms with Gasteiger partial charge in [0.15, 0.2) is 11.5 Å². The Morgan fingerprint density at radius 3 is 2.39 bits per heavy atom. The number of carbonyl (C=O) groups is 5. The number of aliphatic imine (C=N–C) groups is 1. The fourth-order valence-electron chi connectivity index (χ4n) is 10.4. The first kappa shape index (κ1) is 59.2. The molecule has 9 rings (SSSR count). The van der Waals surface area contributed by atoms with Crippen molar-refractivity contribution in [1.29, 1.82) is 0 Å². The van der Waals surface area contributed by atoms with Crippen LogP contribution in [-0.4, -0.2) is 102 Å². The summed E-state index contributed by atoms with van der Waals surface area (Å²) in [5, 5.41) is 22.4. The Kier molecular flexibility index (Phi) is 20.6. The number of urea groups is 1. The number of rotatable bonds is 23. The van der Waals surface area contributed by atoms with Gasteiger partial charge in [-0.25, -0.2) is 26.1 Å². The third-order valence-electron chi connectivity index (χ3n) is 14.8. The SMILES string of the molecule is CCCC[C@@H](COC(=O)N(Cc1cccs1)Cc1cccs1)NC(=O)NC1(c2ccc3c(c2)OC(c2ccc(N[C-]=Nc4[c-]cc(CC(=O)N5C[C@@H](F)C[C@H]5COC5CCC(C(=O)O)CC5)cc4)c(C)c2)O3)CC1C(=O)OC.[U+2]. The van der Waals surface area contributed by atoms with Crippen molar-refractivity contribution >= 4 is 70.4 Å². The molecule has 21 heteroatoms. The zero-order valence-corrected chi connectivity index (χ0v) is 50.2. The van der Waals surface area contributed by atoms with Crippen molar-refractivity contribution in [2.75, 3.05) is 32.2 Å². The number of hydrogen-bond donors (Lipinski definition) is 4. The molecule has 4 heterocycles. The molecule has 4 aliphatic rings. The van der Waals surface area contributed by atoms with Gasteiger partial charge in [0.05, 0.1) is 68.9 Å². The van der Waals surface area contributed by atoms with Crippen molar-refractivity contribution in [3.8, 4) is 11.5 Å². The predicted octanol–water partition coefficient (Wildman–Crippen LogP) is 10.3. The van der Waals surface area contributed by atoms with Crippen molar-refractivity contribution in [2.24, 2.45) is 16.8 Å². The van der Waals surface area contributed by atoms with Crippen molar-refractivity contribution < 1.29 is 88.3 Å². The molecule has 79 heavy (non-hydrogen) atoms. The number of esters is 1. The molecule has 2 aliphatic heterocycles. The number of thiophene rings is 2. The molecular weight excluding hydrogens is 1280 g/mol. The fraction of sp³-hybridized carbons (Fsp3) is 0.448. The number of amides is 4. The number of anilines is 1. The number of alkyl halides is 1. The van der Waals surface area contributed by atoms with E-state index in [4.69, 9.17) is 23.7 Å². The van der Waals surface area contributed by atoms with E-state index in [0.29, 0.717) is 79.9 Å². The molecule has 5 aromatic rings. The number of likely N-dealkylation sites (tertiary alicyclic amines) is 1. The largest absolute Gasteiger partial charge is 2.00 e. The molecule has 2 aliphatic carbocycles. The molecule has 4 N–H and O–H groups in total. The van der Waals surface area contributed by atoms with Gasteiger partial charge < -0.3 is 54.6 Å². The number of aryl methyl sites for hydroxylation is 1. The molecule has 3 unspecified atom stereocenters. The zero-order valence-electron chi connectivity index (χ0n) is 44.4. The third kappa shape index (κ3) is 15.3. The van der Waals surface area contributed by atoms with Crippen LogP contribution in [0.5, 0.6) is 11.5 Å². The van der Waals surface area contributed by atoms with E-state index in [0.717, 1.165) is 39.4 Å². The summed E-state index contributed by atoms with van der Waals surface area (Å²) in [6.07, 6.45) is 5.58. The van der Waals surface area contributed by atoms with Gasteiger partial charge in [0.1, 0.15) is 12.8 Å². The summed E-state index contributed by atoms with van der Waals surface area (Å²) in [5.41, 5.74) is 3.08. The molecule has 4 amide bonds.